The number of aliphatic hydroxyl groups excluding tert-OH is 5. The quantitative estimate of drug-likeness (QED) is 0.313. The zero-order chi connectivity index (χ0) is 20.2. The van der Waals surface area contributed by atoms with Gasteiger partial charge in [-0.1, -0.05) is 26.0 Å². The predicted molar refractivity (Wildman–Crippen MR) is 94.7 cm³/mol. The van der Waals surface area contributed by atoms with E-state index in [1.807, 2.05) is 13.0 Å². The minimum Gasteiger partial charge on any atom is -0.394 e. The third-order valence-corrected chi connectivity index (χ3v) is 6.28. The van der Waals surface area contributed by atoms with Crippen LogP contribution < -0.4 is 0 Å². The number of fused-ring (bicyclic) bond motifs is 1. The molecule has 156 valence electrons. The summed E-state index contributed by atoms with van der Waals surface area (Å²) in [6.07, 6.45) is -2.47. The Morgan fingerprint density at radius 1 is 1.11 bits per heavy atom. The van der Waals surface area contributed by atoms with Crippen molar-refractivity contribution in [2.75, 3.05) is 6.61 Å². The van der Waals surface area contributed by atoms with Crippen molar-refractivity contribution in [3.63, 3.8) is 0 Å². The molecule has 0 amide bonds. The number of rotatable bonds is 5. The van der Waals surface area contributed by atoms with Crippen LogP contribution in [0.1, 0.15) is 40.5 Å². The highest BCUT2D eigenvalue weighted by Gasteiger charge is 2.75. The lowest BCUT2D eigenvalue weighted by atomic mass is 9.63. The van der Waals surface area contributed by atoms with Crippen LogP contribution in [-0.4, -0.2) is 86.3 Å². The van der Waals surface area contributed by atoms with Crippen molar-refractivity contribution in [2.45, 2.75) is 94.7 Å². The predicted octanol–water partition coefficient (Wildman–Crippen LogP) is -0.544. The van der Waals surface area contributed by atoms with Crippen molar-refractivity contribution in [3.05, 3.63) is 12.2 Å². The molecule has 8 heteroatoms. The third kappa shape index (κ3) is 3.47. The van der Waals surface area contributed by atoms with E-state index >= 15 is 0 Å². The normalized spacial score (nSPS) is 50.4. The van der Waals surface area contributed by atoms with Crippen LogP contribution in [0, 0.1) is 5.41 Å². The van der Waals surface area contributed by atoms with Crippen LogP contribution in [0.15, 0.2) is 12.2 Å². The molecule has 0 radical (unpaired) electrons. The molecule has 0 aromatic rings. The maximum atomic E-state index is 10.2. The van der Waals surface area contributed by atoms with Gasteiger partial charge in [-0.15, -0.1) is 0 Å². The fraction of sp³-hybridized carbons (Fsp3) is 0.895. The largest absolute Gasteiger partial charge is 0.394 e. The molecule has 0 spiro atoms. The van der Waals surface area contributed by atoms with Crippen LogP contribution in [0.25, 0.3) is 0 Å². The van der Waals surface area contributed by atoms with E-state index in [4.69, 9.17) is 14.2 Å². The van der Waals surface area contributed by atoms with E-state index in [9.17, 15) is 25.5 Å². The molecule has 1 aliphatic carbocycles. The Hall–Kier alpha value is -0.580. The van der Waals surface area contributed by atoms with Crippen molar-refractivity contribution < 1.29 is 39.7 Å². The topological polar surface area (TPSA) is 132 Å². The second-order valence-corrected chi connectivity index (χ2v) is 8.92. The van der Waals surface area contributed by atoms with Crippen molar-refractivity contribution in [2.24, 2.45) is 5.41 Å². The molecule has 8 nitrogen and oxygen atoms in total. The van der Waals surface area contributed by atoms with Gasteiger partial charge < -0.3 is 39.7 Å². The summed E-state index contributed by atoms with van der Waals surface area (Å²) in [5, 5.41) is 49.0. The lowest BCUT2D eigenvalue weighted by Crippen LogP contribution is -2.60. The molecule has 0 aromatic heterocycles. The Balaban J connectivity index is 1.72. The Morgan fingerprint density at radius 3 is 2.33 bits per heavy atom. The molecule has 2 aliphatic heterocycles. The maximum Gasteiger partial charge on any atom is 0.186 e. The fourth-order valence-electron chi connectivity index (χ4n) is 4.78. The summed E-state index contributed by atoms with van der Waals surface area (Å²) >= 11 is 0. The van der Waals surface area contributed by atoms with E-state index in [0.29, 0.717) is 12.8 Å². The fourth-order valence-corrected chi connectivity index (χ4v) is 4.78. The van der Waals surface area contributed by atoms with E-state index in [1.165, 1.54) is 0 Å². The minimum absolute atomic E-state index is 0.301. The molecule has 0 bridgehead atoms. The van der Waals surface area contributed by atoms with Crippen LogP contribution in [-0.2, 0) is 14.2 Å². The van der Waals surface area contributed by atoms with Crippen molar-refractivity contribution >= 4 is 0 Å². The van der Waals surface area contributed by atoms with E-state index in [-0.39, 0.29) is 11.5 Å². The first-order valence-corrected chi connectivity index (χ1v) is 9.50. The molecule has 0 unspecified atom stereocenters. The number of hydrogen-bond donors (Lipinski definition) is 5. The molecule has 1 saturated carbocycles. The molecular formula is C19H32O8. The molecule has 9 atom stereocenters. The average Bonchev–Trinajstić information content (AvgIpc) is 3.20. The standard InChI is InChI=1S/C19H32O8/c1-10(21)5-6-19-17(2,3)7-11(8-18(19,4)27-19)25-16-15(24)14(23)13(22)12(9-20)26-16/h5-6,10-16,20-24H,7-9H2,1-4H3/b6-5+/t10-,11-,12+,13-,14-,15+,16+,18+,19-/m0/s1. The monoisotopic (exact) mass is 388 g/mol. The second kappa shape index (κ2) is 7.03. The van der Waals surface area contributed by atoms with Gasteiger partial charge in [-0.3, -0.25) is 0 Å². The summed E-state index contributed by atoms with van der Waals surface area (Å²) < 4.78 is 17.6. The average molecular weight is 388 g/mol. The number of ether oxygens (including phenoxy) is 3. The summed E-state index contributed by atoms with van der Waals surface area (Å²) in [6, 6.07) is 0. The summed E-state index contributed by atoms with van der Waals surface area (Å²) in [5.41, 5.74) is -1.27. The first kappa shape index (κ1) is 21.1. The van der Waals surface area contributed by atoms with E-state index < -0.39 is 54.6 Å². The zero-order valence-corrected chi connectivity index (χ0v) is 16.3. The van der Waals surface area contributed by atoms with Gasteiger partial charge in [0.15, 0.2) is 6.29 Å². The first-order valence-electron chi connectivity index (χ1n) is 9.50. The van der Waals surface area contributed by atoms with Gasteiger partial charge in [0.1, 0.15) is 35.6 Å². The molecule has 5 N–H and O–H groups in total. The highest BCUT2D eigenvalue weighted by atomic mass is 16.7. The van der Waals surface area contributed by atoms with Crippen LogP contribution in [0.2, 0.25) is 0 Å². The van der Waals surface area contributed by atoms with Gasteiger partial charge in [-0.25, -0.2) is 0 Å². The minimum atomic E-state index is -1.46. The highest BCUT2D eigenvalue weighted by molar-refractivity contribution is 5.32. The highest BCUT2D eigenvalue weighted by Crippen LogP contribution is 2.66. The van der Waals surface area contributed by atoms with E-state index in [2.05, 4.69) is 13.8 Å². The van der Waals surface area contributed by atoms with Gasteiger partial charge in [0.25, 0.3) is 0 Å². The van der Waals surface area contributed by atoms with Gasteiger partial charge in [0.05, 0.1) is 18.8 Å². The van der Waals surface area contributed by atoms with Gasteiger partial charge in [0.2, 0.25) is 0 Å². The summed E-state index contributed by atoms with van der Waals surface area (Å²) in [5.74, 6) is 0. The Labute approximate surface area is 159 Å². The summed E-state index contributed by atoms with van der Waals surface area (Å²) in [6.45, 7) is 7.31. The molecule has 2 heterocycles. The Bertz CT molecular complexity index is 576. The van der Waals surface area contributed by atoms with Crippen LogP contribution >= 0.6 is 0 Å². The lowest BCUT2D eigenvalue weighted by molar-refractivity contribution is -0.315. The Morgan fingerprint density at radius 2 is 1.78 bits per heavy atom. The van der Waals surface area contributed by atoms with Crippen LogP contribution in [0.5, 0.6) is 0 Å². The van der Waals surface area contributed by atoms with Gasteiger partial charge in [0, 0.05) is 11.8 Å². The Kier molecular flexibility index (Phi) is 5.51. The van der Waals surface area contributed by atoms with E-state index in [0.717, 1.165) is 0 Å². The van der Waals surface area contributed by atoms with Gasteiger partial charge in [-0.2, -0.15) is 0 Å². The van der Waals surface area contributed by atoms with Crippen LogP contribution in [0.3, 0.4) is 0 Å². The number of epoxide rings is 1. The third-order valence-electron chi connectivity index (χ3n) is 6.28. The summed E-state index contributed by atoms with van der Waals surface area (Å²) in [4.78, 5) is 0. The number of aliphatic hydroxyl groups is 5. The van der Waals surface area contributed by atoms with Crippen LogP contribution in [0.4, 0.5) is 0 Å². The maximum absolute atomic E-state index is 10.2. The smallest absolute Gasteiger partial charge is 0.186 e. The number of hydrogen-bond acceptors (Lipinski definition) is 8. The van der Waals surface area contributed by atoms with Crippen molar-refractivity contribution in [3.8, 4) is 0 Å². The molecule has 3 rings (SSSR count). The summed E-state index contributed by atoms with van der Waals surface area (Å²) in [7, 11) is 0. The van der Waals surface area contributed by atoms with E-state index in [1.54, 1.807) is 13.0 Å². The molecule has 2 saturated heterocycles. The molecule has 3 aliphatic rings. The molecular weight excluding hydrogens is 356 g/mol. The molecule has 3 fully saturated rings. The molecule has 0 aromatic carbocycles. The first-order chi connectivity index (χ1) is 12.5. The zero-order valence-electron chi connectivity index (χ0n) is 16.3. The van der Waals surface area contributed by atoms with Gasteiger partial charge in [-0.05, 0) is 20.3 Å². The second-order valence-electron chi connectivity index (χ2n) is 8.92. The molecule has 27 heavy (non-hydrogen) atoms. The van der Waals surface area contributed by atoms with Crippen molar-refractivity contribution in [1.29, 1.82) is 0 Å². The SMILES string of the molecule is C[C@H](O)/C=C/[C@@]12O[C@]1(C)C[C@@H](O[C@@H]1O[C@H](CO)[C@H](O)[C@H](O)[C@H]1O)CC2(C)C. The lowest BCUT2D eigenvalue weighted by Gasteiger charge is -2.44. The van der Waals surface area contributed by atoms with Gasteiger partial charge >= 0.3 is 0 Å². The van der Waals surface area contributed by atoms with Crippen molar-refractivity contribution in [1.82, 2.24) is 0 Å².